The molecule has 2 nitrogen and oxygen atoms in total. The predicted molar refractivity (Wildman–Crippen MR) is 68.3 cm³/mol. The van der Waals surface area contributed by atoms with Crippen LogP contribution in [0.25, 0.3) is 0 Å². The van der Waals surface area contributed by atoms with Gasteiger partial charge in [-0.1, -0.05) is 30.3 Å². The van der Waals surface area contributed by atoms with E-state index in [0.717, 1.165) is 6.42 Å². The molecule has 0 spiro atoms. The van der Waals surface area contributed by atoms with Crippen LogP contribution in [0, 0.1) is 0 Å². The van der Waals surface area contributed by atoms with Crippen molar-refractivity contribution in [1.82, 2.24) is 10.9 Å². The van der Waals surface area contributed by atoms with Crippen LogP contribution < -0.4 is 10.9 Å². The first-order valence-electron chi connectivity index (χ1n) is 5.23. The smallest absolute Gasteiger partial charge is 0.0225 e. The zero-order valence-corrected chi connectivity index (χ0v) is 10.5. The van der Waals surface area contributed by atoms with Crippen LogP contribution >= 0.6 is 12.4 Å². The molecular formula is C12H21ClN2. The summed E-state index contributed by atoms with van der Waals surface area (Å²) in [6, 6.07) is 11.5. The first-order chi connectivity index (χ1) is 6.68. The first-order valence-corrected chi connectivity index (χ1v) is 5.23. The molecule has 0 aliphatic rings. The largest absolute Gasteiger partial charge is 0.255 e. The Morgan fingerprint density at radius 3 is 2.13 bits per heavy atom. The van der Waals surface area contributed by atoms with Crippen molar-refractivity contribution in [2.24, 2.45) is 0 Å². The Hall–Kier alpha value is -0.570. The van der Waals surface area contributed by atoms with Crippen LogP contribution in [0.3, 0.4) is 0 Å². The molecule has 1 aromatic carbocycles. The van der Waals surface area contributed by atoms with Gasteiger partial charge in [0.15, 0.2) is 0 Å². The van der Waals surface area contributed by atoms with Gasteiger partial charge in [-0.2, -0.15) is 0 Å². The maximum atomic E-state index is 3.28. The molecule has 0 aromatic heterocycles. The molecule has 0 saturated carbocycles. The summed E-state index contributed by atoms with van der Waals surface area (Å²) in [7, 11) is 0. The molecule has 0 bridgehead atoms. The fraction of sp³-hybridized carbons (Fsp3) is 0.500. The van der Waals surface area contributed by atoms with E-state index in [9.17, 15) is 0 Å². The monoisotopic (exact) mass is 228 g/mol. The zero-order valence-electron chi connectivity index (χ0n) is 9.66. The van der Waals surface area contributed by atoms with E-state index in [0.29, 0.717) is 12.1 Å². The van der Waals surface area contributed by atoms with Gasteiger partial charge in [0, 0.05) is 12.1 Å². The summed E-state index contributed by atoms with van der Waals surface area (Å²) in [6.45, 7) is 6.44. The van der Waals surface area contributed by atoms with Crippen LogP contribution in [0.15, 0.2) is 30.3 Å². The molecular weight excluding hydrogens is 208 g/mol. The Bertz CT molecular complexity index is 249. The normalized spacial score (nSPS) is 12.3. The SMILES string of the molecule is CC(C)NNC(C)Cc1ccccc1.Cl. The minimum Gasteiger partial charge on any atom is -0.255 e. The van der Waals surface area contributed by atoms with E-state index in [1.54, 1.807) is 0 Å². The average Bonchev–Trinajstić information content (AvgIpc) is 2.16. The lowest BCUT2D eigenvalue weighted by molar-refractivity contribution is 0.410. The highest BCUT2D eigenvalue weighted by Crippen LogP contribution is 2.01. The molecule has 1 rings (SSSR count). The second-order valence-electron chi connectivity index (χ2n) is 4.03. The van der Waals surface area contributed by atoms with Crippen molar-refractivity contribution >= 4 is 12.4 Å². The Balaban J connectivity index is 0.00000196. The summed E-state index contributed by atoms with van der Waals surface area (Å²) >= 11 is 0. The average molecular weight is 229 g/mol. The van der Waals surface area contributed by atoms with E-state index in [1.165, 1.54) is 5.56 Å². The zero-order chi connectivity index (χ0) is 10.4. The van der Waals surface area contributed by atoms with Crippen LogP contribution in [-0.2, 0) is 6.42 Å². The van der Waals surface area contributed by atoms with Crippen molar-refractivity contribution in [2.45, 2.75) is 39.3 Å². The molecule has 0 saturated heterocycles. The number of hydrogen-bond acceptors (Lipinski definition) is 2. The van der Waals surface area contributed by atoms with Crippen molar-refractivity contribution < 1.29 is 0 Å². The number of hydrazine groups is 1. The van der Waals surface area contributed by atoms with E-state index >= 15 is 0 Å². The molecule has 0 aliphatic heterocycles. The highest BCUT2D eigenvalue weighted by Gasteiger charge is 2.02. The number of benzene rings is 1. The van der Waals surface area contributed by atoms with Gasteiger partial charge in [0.25, 0.3) is 0 Å². The summed E-state index contributed by atoms with van der Waals surface area (Å²) in [4.78, 5) is 0. The van der Waals surface area contributed by atoms with Crippen molar-refractivity contribution in [3.63, 3.8) is 0 Å². The fourth-order valence-corrected chi connectivity index (χ4v) is 1.33. The molecule has 0 fully saturated rings. The molecule has 1 atom stereocenters. The third-order valence-electron chi connectivity index (χ3n) is 2.00. The Labute approximate surface area is 98.8 Å². The van der Waals surface area contributed by atoms with E-state index in [4.69, 9.17) is 0 Å². The lowest BCUT2D eigenvalue weighted by Gasteiger charge is -2.16. The molecule has 0 amide bonds. The second-order valence-corrected chi connectivity index (χ2v) is 4.03. The van der Waals surface area contributed by atoms with Crippen molar-refractivity contribution in [3.8, 4) is 0 Å². The van der Waals surface area contributed by atoms with Crippen LogP contribution in [0.1, 0.15) is 26.3 Å². The number of rotatable bonds is 5. The predicted octanol–water partition coefficient (Wildman–Crippen LogP) is 2.54. The van der Waals surface area contributed by atoms with Crippen LogP contribution in [0.5, 0.6) is 0 Å². The van der Waals surface area contributed by atoms with Gasteiger partial charge in [-0.25, -0.2) is 0 Å². The lowest BCUT2D eigenvalue weighted by atomic mass is 10.1. The topological polar surface area (TPSA) is 24.1 Å². The van der Waals surface area contributed by atoms with Gasteiger partial charge in [-0.05, 0) is 32.8 Å². The van der Waals surface area contributed by atoms with Crippen molar-refractivity contribution in [3.05, 3.63) is 35.9 Å². The first kappa shape index (κ1) is 14.4. The highest BCUT2D eigenvalue weighted by atomic mass is 35.5. The summed E-state index contributed by atoms with van der Waals surface area (Å²) in [5, 5.41) is 0. The van der Waals surface area contributed by atoms with Gasteiger partial charge in [0.05, 0.1) is 0 Å². The van der Waals surface area contributed by atoms with Crippen molar-refractivity contribution in [2.75, 3.05) is 0 Å². The molecule has 2 N–H and O–H groups in total. The third-order valence-corrected chi connectivity index (χ3v) is 2.00. The minimum absolute atomic E-state index is 0. The van der Waals surface area contributed by atoms with Gasteiger partial charge < -0.3 is 0 Å². The molecule has 3 heteroatoms. The number of halogens is 1. The highest BCUT2D eigenvalue weighted by molar-refractivity contribution is 5.85. The van der Waals surface area contributed by atoms with Crippen LogP contribution in [-0.4, -0.2) is 12.1 Å². The van der Waals surface area contributed by atoms with Crippen LogP contribution in [0.2, 0.25) is 0 Å². The third kappa shape index (κ3) is 6.50. The van der Waals surface area contributed by atoms with E-state index in [1.807, 2.05) is 6.07 Å². The molecule has 15 heavy (non-hydrogen) atoms. The lowest BCUT2D eigenvalue weighted by Crippen LogP contribution is -2.43. The fourth-order valence-electron chi connectivity index (χ4n) is 1.33. The summed E-state index contributed by atoms with van der Waals surface area (Å²) in [5.74, 6) is 0. The van der Waals surface area contributed by atoms with Gasteiger partial charge in [-0.15, -0.1) is 12.4 Å². The minimum atomic E-state index is 0. The Morgan fingerprint density at radius 1 is 1.00 bits per heavy atom. The van der Waals surface area contributed by atoms with Gasteiger partial charge in [0.1, 0.15) is 0 Å². The summed E-state index contributed by atoms with van der Waals surface area (Å²) in [6.07, 6.45) is 1.06. The van der Waals surface area contributed by atoms with Gasteiger partial charge in [0.2, 0.25) is 0 Å². The summed E-state index contributed by atoms with van der Waals surface area (Å²) in [5.41, 5.74) is 7.87. The van der Waals surface area contributed by atoms with Crippen LogP contribution in [0.4, 0.5) is 0 Å². The number of hydrogen-bond donors (Lipinski definition) is 2. The standard InChI is InChI=1S/C12H20N2.ClH/c1-10(2)13-14-11(3)9-12-7-5-4-6-8-12;/h4-8,10-11,13-14H,9H2,1-3H3;1H. The molecule has 86 valence electrons. The van der Waals surface area contributed by atoms with E-state index < -0.39 is 0 Å². The quantitative estimate of drug-likeness (QED) is 0.757. The maximum Gasteiger partial charge on any atom is 0.0225 e. The molecule has 0 heterocycles. The van der Waals surface area contributed by atoms with Crippen molar-refractivity contribution in [1.29, 1.82) is 0 Å². The Kier molecular flexibility index (Phi) is 7.39. The molecule has 1 aromatic rings. The van der Waals surface area contributed by atoms with E-state index in [2.05, 4.69) is 55.9 Å². The molecule has 0 radical (unpaired) electrons. The number of nitrogens with one attached hydrogen (secondary N) is 2. The van der Waals surface area contributed by atoms with Gasteiger partial charge >= 0.3 is 0 Å². The second kappa shape index (κ2) is 7.69. The molecule has 0 aliphatic carbocycles. The summed E-state index contributed by atoms with van der Waals surface area (Å²) < 4.78 is 0. The molecule has 1 unspecified atom stereocenters. The van der Waals surface area contributed by atoms with Gasteiger partial charge in [-0.3, -0.25) is 10.9 Å². The van der Waals surface area contributed by atoms with E-state index in [-0.39, 0.29) is 12.4 Å². The Morgan fingerprint density at radius 2 is 1.60 bits per heavy atom. The maximum absolute atomic E-state index is 3.28.